The van der Waals surface area contributed by atoms with Gasteiger partial charge in [0.15, 0.2) is 0 Å². The van der Waals surface area contributed by atoms with E-state index in [4.69, 9.17) is 0 Å². The number of benzene rings is 2. The van der Waals surface area contributed by atoms with Crippen molar-refractivity contribution in [2.24, 2.45) is 5.92 Å². The fraction of sp³-hybridized carbons (Fsp3) is 0.278. The summed E-state index contributed by atoms with van der Waals surface area (Å²) in [5, 5.41) is 0. The van der Waals surface area contributed by atoms with Gasteiger partial charge < -0.3 is 4.90 Å². The first-order valence-electron chi connectivity index (χ1n) is 13.7. The maximum atomic E-state index is 4.53. The van der Waals surface area contributed by atoms with Crippen molar-refractivity contribution in [2.45, 2.75) is 52.4 Å². The first kappa shape index (κ1) is 25.1. The zero-order valence-corrected chi connectivity index (χ0v) is 22.9. The molecule has 1 atom stereocenters. The van der Waals surface area contributed by atoms with Crippen LogP contribution in [0.15, 0.2) is 126 Å². The van der Waals surface area contributed by atoms with Gasteiger partial charge in [-0.3, -0.25) is 0 Å². The van der Waals surface area contributed by atoms with Crippen LogP contribution in [0.4, 0.5) is 5.69 Å². The molecule has 0 bridgehead atoms. The molecule has 0 aromatic heterocycles. The van der Waals surface area contributed by atoms with E-state index in [0.717, 1.165) is 37.0 Å². The van der Waals surface area contributed by atoms with E-state index in [2.05, 4.69) is 125 Å². The van der Waals surface area contributed by atoms with Crippen molar-refractivity contribution in [2.75, 3.05) is 11.4 Å². The summed E-state index contributed by atoms with van der Waals surface area (Å²) in [6, 6.07) is 17.9. The van der Waals surface area contributed by atoms with E-state index in [1.165, 1.54) is 44.8 Å². The summed E-state index contributed by atoms with van der Waals surface area (Å²) >= 11 is 0. The number of nitrogens with zero attached hydrogens (tertiary/aromatic N) is 1. The van der Waals surface area contributed by atoms with Crippen molar-refractivity contribution in [3.63, 3.8) is 0 Å². The van der Waals surface area contributed by atoms with Gasteiger partial charge in [-0.1, -0.05) is 106 Å². The van der Waals surface area contributed by atoms with Crippen LogP contribution in [-0.2, 0) is 11.8 Å². The highest BCUT2D eigenvalue weighted by Gasteiger charge is 2.39. The molecule has 0 saturated heterocycles. The van der Waals surface area contributed by atoms with Crippen LogP contribution in [0.3, 0.4) is 0 Å². The molecule has 0 amide bonds. The summed E-state index contributed by atoms with van der Waals surface area (Å²) < 4.78 is 0. The van der Waals surface area contributed by atoms with Crippen LogP contribution in [0.2, 0.25) is 0 Å². The minimum atomic E-state index is 0.0630. The number of rotatable bonds is 5. The molecule has 2 aromatic rings. The van der Waals surface area contributed by atoms with Crippen LogP contribution >= 0.6 is 0 Å². The van der Waals surface area contributed by atoms with Crippen LogP contribution < -0.4 is 4.90 Å². The summed E-state index contributed by atoms with van der Waals surface area (Å²) in [6.07, 6.45) is 16.7. The monoisotopic (exact) mass is 485 g/mol. The van der Waals surface area contributed by atoms with E-state index in [9.17, 15) is 0 Å². The average molecular weight is 486 g/mol. The van der Waals surface area contributed by atoms with Crippen molar-refractivity contribution in [1.82, 2.24) is 0 Å². The summed E-state index contributed by atoms with van der Waals surface area (Å²) in [5.41, 5.74) is 13.2. The first-order chi connectivity index (χ1) is 17.9. The maximum Gasteiger partial charge on any atom is 0.0486 e. The second-order valence-corrected chi connectivity index (χ2v) is 10.9. The van der Waals surface area contributed by atoms with Crippen molar-refractivity contribution < 1.29 is 0 Å². The zero-order valence-electron chi connectivity index (χ0n) is 22.9. The van der Waals surface area contributed by atoms with Gasteiger partial charge in [-0.25, -0.2) is 0 Å². The molecule has 3 aliphatic rings. The van der Waals surface area contributed by atoms with E-state index in [0.29, 0.717) is 5.92 Å². The lowest BCUT2D eigenvalue weighted by Gasteiger charge is -2.33. The number of hydrogen-bond acceptors (Lipinski definition) is 1. The number of hydrogen-bond donors (Lipinski definition) is 0. The third-order valence-electron chi connectivity index (χ3n) is 8.33. The number of anilines is 1. The second kappa shape index (κ2) is 10.1. The highest BCUT2D eigenvalue weighted by atomic mass is 15.1. The quantitative estimate of drug-likeness (QED) is 0.408. The second-order valence-electron chi connectivity index (χ2n) is 10.9. The minimum Gasteiger partial charge on any atom is -0.341 e. The van der Waals surface area contributed by atoms with Gasteiger partial charge in [-0.05, 0) is 77.8 Å². The van der Waals surface area contributed by atoms with Gasteiger partial charge in [-0.15, -0.1) is 0 Å². The summed E-state index contributed by atoms with van der Waals surface area (Å²) in [5.74, 6) is 0.371. The molecule has 0 N–H and O–H groups in total. The smallest absolute Gasteiger partial charge is 0.0486 e. The fourth-order valence-corrected chi connectivity index (χ4v) is 6.33. The molecule has 2 aliphatic carbocycles. The molecule has 0 radical (unpaired) electrons. The Balaban J connectivity index is 1.56. The Morgan fingerprint density at radius 1 is 1.11 bits per heavy atom. The molecule has 37 heavy (non-hydrogen) atoms. The topological polar surface area (TPSA) is 3.24 Å². The van der Waals surface area contributed by atoms with Gasteiger partial charge in [0.05, 0.1) is 0 Å². The van der Waals surface area contributed by atoms with E-state index in [1.54, 1.807) is 0 Å². The molecule has 1 unspecified atom stereocenters. The fourth-order valence-electron chi connectivity index (χ4n) is 6.33. The Bertz CT molecular complexity index is 1400. The first-order valence-corrected chi connectivity index (χ1v) is 13.7. The Hall–Kier alpha value is -3.58. The van der Waals surface area contributed by atoms with E-state index in [-0.39, 0.29) is 5.41 Å². The predicted molar refractivity (Wildman–Crippen MR) is 161 cm³/mol. The van der Waals surface area contributed by atoms with Gasteiger partial charge in [0.1, 0.15) is 0 Å². The largest absolute Gasteiger partial charge is 0.341 e. The predicted octanol–water partition coefficient (Wildman–Crippen LogP) is 9.28. The van der Waals surface area contributed by atoms with Crippen LogP contribution in [0.25, 0.3) is 5.57 Å². The normalized spacial score (nSPS) is 24.4. The number of fused-ring (bicyclic) bond motifs is 3. The van der Waals surface area contributed by atoms with Crippen LogP contribution in [0.1, 0.15) is 57.2 Å². The summed E-state index contributed by atoms with van der Waals surface area (Å²) in [4.78, 5) is 2.46. The molecule has 0 spiro atoms. The Kier molecular flexibility index (Phi) is 6.82. The third-order valence-corrected chi connectivity index (χ3v) is 8.33. The number of allylic oxidation sites excluding steroid dienone is 10. The molecular weight excluding hydrogens is 446 g/mol. The van der Waals surface area contributed by atoms with Crippen molar-refractivity contribution in [1.29, 1.82) is 0 Å². The standard InChI is InChI=1S/C36H39N/c1-7-13-35-30(9-3)25(4)22-28(20-21-37(35)29-15-12-14-26(8-2)23-29)27-18-19-34-32(24-27)31-16-10-11-17-33(31)36(34,5)6/h7,9-17,19,22-24,27H,3-4,8,18,20-21H2,1-2,5-6H3/b13-7-,28-22+,35-30-. The number of aryl methyl sites for hydroxylation is 1. The molecular formula is C36H39N. The van der Waals surface area contributed by atoms with Gasteiger partial charge in [0.2, 0.25) is 0 Å². The Labute approximate surface area is 223 Å². The molecule has 1 heterocycles. The molecule has 188 valence electrons. The summed E-state index contributed by atoms with van der Waals surface area (Å²) in [7, 11) is 0. The van der Waals surface area contributed by atoms with Crippen LogP contribution in [-0.4, -0.2) is 6.54 Å². The molecule has 5 rings (SSSR count). The zero-order chi connectivity index (χ0) is 26.2. The lowest BCUT2D eigenvalue weighted by molar-refractivity contribution is 0.638. The molecule has 0 saturated carbocycles. The highest BCUT2D eigenvalue weighted by molar-refractivity contribution is 5.90. The molecule has 1 aliphatic heterocycles. The lowest BCUT2D eigenvalue weighted by Crippen LogP contribution is -2.27. The van der Waals surface area contributed by atoms with Crippen molar-refractivity contribution in [3.8, 4) is 0 Å². The molecule has 1 heteroatoms. The van der Waals surface area contributed by atoms with E-state index >= 15 is 0 Å². The molecule has 1 nitrogen and oxygen atoms in total. The Morgan fingerprint density at radius 2 is 1.92 bits per heavy atom. The highest BCUT2D eigenvalue weighted by Crippen LogP contribution is 2.52. The van der Waals surface area contributed by atoms with Gasteiger partial charge in [-0.2, -0.15) is 0 Å². The molecule has 2 aromatic carbocycles. The van der Waals surface area contributed by atoms with Crippen LogP contribution in [0.5, 0.6) is 0 Å². The van der Waals surface area contributed by atoms with Gasteiger partial charge in [0.25, 0.3) is 0 Å². The van der Waals surface area contributed by atoms with E-state index < -0.39 is 0 Å². The van der Waals surface area contributed by atoms with Crippen LogP contribution in [0, 0.1) is 5.92 Å². The van der Waals surface area contributed by atoms with Crippen molar-refractivity contribution >= 4 is 11.3 Å². The van der Waals surface area contributed by atoms with Gasteiger partial charge >= 0.3 is 0 Å². The van der Waals surface area contributed by atoms with Gasteiger partial charge in [0, 0.05) is 34.8 Å². The maximum absolute atomic E-state index is 4.53. The third kappa shape index (κ3) is 4.42. The average Bonchev–Trinajstić information content (AvgIpc) is 3.14. The van der Waals surface area contributed by atoms with Crippen molar-refractivity contribution in [3.05, 3.63) is 143 Å². The van der Waals surface area contributed by atoms with E-state index in [1.807, 2.05) is 6.08 Å². The summed E-state index contributed by atoms with van der Waals surface area (Å²) in [6.45, 7) is 18.7. The SMILES string of the molecule is C=C/C1=C(\C=C/C)N(c2cccc(CC)c2)CC/C(C2C=C3C(=CC2)C(C)(C)c2ccccc23)=C\C1=C. The lowest BCUT2D eigenvalue weighted by atomic mass is 9.77. The Morgan fingerprint density at radius 3 is 2.68 bits per heavy atom. The minimum absolute atomic E-state index is 0.0630. The molecule has 0 fully saturated rings.